The molecule has 0 aliphatic carbocycles. The van der Waals surface area contributed by atoms with Gasteiger partial charge in [-0.1, -0.05) is 18.2 Å². The van der Waals surface area contributed by atoms with Crippen molar-refractivity contribution < 1.29 is 19.4 Å². The van der Waals surface area contributed by atoms with Crippen LogP contribution in [0.3, 0.4) is 0 Å². The fraction of sp³-hybridized carbons (Fsp3) is 0. The number of para-hydroxylation sites is 1. The van der Waals surface area contributed by atoms with E-state index >= 15 is 0 Å². The van der Waals surface area contributed by atoms with E-state index in [0.29, 0.717) is 0 Å². The monoisotopic (exact) mass is 218 g/mol. The summed E-state index contributed by atoms with van der Waals surface area (Å²) in [5, 5.41) is 9.24. The van der Waals surface area contributed by atoms with Gasteiger partial charge in [-0.05, 0) is 12.1 Å². The Labute approximate surface area is 78.9 Å². The van der Waals surface area contributed by atoms with Gasteiger partial charge in [0.05, 0.1) is 0 Å². The van der Waals surface area contributed by atoms with E-state index in [1.54, 1.807) is 6.07 Å². The molecular formula is C6H7N2O5P. The van der Waals surface area contributed by atoms with E-state index in [9.17, 15) is 14.7 Å². The van der Waals surface area contributed by atoms with Gasteiger partial charge in [-0.2, -0.15) is 0 Å². The Hall–Kier alpha value is -1.43. The fourth-order valence-corrected chi connectivity index (χ4v) is 1.53. The minimum absolute atomic E-state index is 0.161. The fourth-order valence-electron chi connectivity index (χ4n) is 0.901. The van der Waals surface area contributed by atoms with Crippen molar-refractivity contribution in [1.82, 2.24) is 0 Å². The van der Waals surface area contributed by atoms with Crippen molar-refractivity contribution in [1.29, 1.82) is 0 Å². The van der Waals surface area contributed by atoms with Gasteiger partial charge in [0, 0.05) is 4.78 Å². The van der Waals surface area contributed by atoms with Crippen LogP contribution >= 0.6 is 7.75 Å². The van der Waals surface area contributed by atoms with E-state index in [1.165, 1.54) is 24.3 Å². The van der Waals surface area contributed by atoms with Crippen LogP contribution in [0, 0.1) is 10.1 Å². The summed E-state index contributed by atoms with van der Waals surface area (Å²) < 4.78 is 10.6. The van der Waals surface area contributed by atoms with Crippen molar-refractivity contribution in [2.45, 2.75) is 0 Å². The lowest BCUT2D eigenvalue weighted by Crippen LogP contribution is -2.26. The van der Waals surface area contributed by atoms with Crippen LogP contribution in [0.4, 0.5) is 5.69 Å². The van der Waals surface area contributed by atoms with Gasteiger partial charge in [-0.25, -0.2) is 14.7 Å². The molecule has 0 aliphatic heterocycles. The average molecular weight is 218 g/mol. The average Bonchev–Trinajstić information content (AvgIpc) is 2.02. The molecule has 8 heteroatoms. The number of rotatable bonds is 3. The second-order valence-corrected chi connectivity index (χ2v) is 3.78. The molecule has 1 rings (SSSR count). The summed E-state index contributed by atoms with van der Waals surface area (Å²) in [7, 11) is -4.92. The molecule has 2 N–H and O–H groups in total. The first-order valence-electron chi connectivity index (χ1n) is 3.48. The predicted octanol–water partition coefficient (Wildman–Crippen LogP) is 0.777. The molecule has 14 heavy (non-hydrogen) atoms. The van der Waals surface area contributed by atoms with Gasteiger partial charge in [0.1, 0.15) is 5.69 Å². The van der Waals surface area contributed by atoms with Gasteiger partial charge in [-0.15, -0.1) is 0 Å². The van der Waals surface area contributed by atoms with Crippen LogP contribution in [0.2, 0.25) is 0 Å². The van der Waals surface area contributed by atoms with Crippen LogP contribution in [-0.2, 0) is 4.57 Å². The molecule has 0 saturated carbocycles. The second-order valence-electron chi connectivity index (χ2n) is 2.38. The third kappa shape index (κ3) is 2.29. The molecule has 1 aromatic carbocycles. The number of hydrazine groups is 1. The SMILES string of the molecule is O=[N+]([O-])N(c1ccccc1)P(=O)(O)O. The number of nitrogens with zero attached hydrogens (tertiary/aromatic N) is 2. The molecule has 0 bridgehead atoms. The van der Waals surface area contributed by atoms with Gasteiger partial charge in [0.25, 0.3) is 0 Å². The Morgan fingerprint density at radius 1 is 1.29 bits per heavy atom. The zero-order valence-electron chi connectivity index (χ0n) is 6.85. The van der Waals surface area contributed by atoms with Gasteiger partial charge in [0.2, 0.25) is 0 Å². The molecular weight excluding hydrogens is 211 g/mol. The smallest absolute Gasteiger partial charge is 0.304 e. The molecule has 0 aromatic heterocycles. The van der Waals surface area contributed by atoms with Crippen molar-refractivity contribution in [2.75, 3.05) is 4.78 Å². The van der Waals surface area contributed by atoms with Crippen LogP contribution in [0.1, 0.15) is 0 Å². The van der Waals surface area contributed by atoms with Gasteiger partial charge < -0.3 is 9.79 Å². The molecule has 7 nitrogen and oxygen atoms in total. The minimum atomic E-state index is -4.92. The molecule has 0 fully saturated rings. The van der Waals surface area contributed by atoms with Gasteiger partial charge in [0.15, 0.2) is 5.03 Å². The Morgan fingerprint density at radius 2 is 1.79 bits per heavy atom. The molecule has 0 unspecified atom stereocenters. The highest BCUT2D eigenvalue weighted by molar-refractivity contribution is 7.53. The number of nitro groups is 1. The summed E-state index contributed by atoms with van der Waals surface area (Å²) in [6, 6.07) is 6.95. The molecule has 0 radical (unpaired) electrons. The molecule has 0 saturated heterocycles. The molecule has 0 spiro atoms. The van der Waals surface area contributed by atoms with Crippen molar-refractivity contribution >= 4 is 13.4 Å². The number of hydrogen-bond acceptors (Lipinski definition) is 3. The minimum Gasteiger partial charge on any atom is -0.304 e. The van der Waals surface area contributed by atoms with E-state index in [-0.39, 0.29) is 10.5 Å². The first-order valence-corrected chi connectivity index (χ1v) is 5.05. The third-order valence-corrected chi connectivity index (χ3v) is 2.26. The summed E-state index contributed by atoms with van der Waals surface area (Å²) in [6.45, 7) is 0. The van der Waals surface area contributed by atoms with Crippen molar-refractivity contribution in [2.24, 2.45) is 0 Å². The quantitative estimate of drug-likeness (QED) is 0.441. The van der Waals surface area contributed by atoms with E-state index in [0.717, 1.165) is 0 Å². The standard InChI is InChI=1S/C6H7N2O5P/c9-8(10)7(14(11,12)13)6-4-2-1-3-5-6/h1-5H,(H2,11,12,13). The van der Waals surface area contributed by atoms with Crippen LogP contribution in [0.15, 0.2) is 30.3 Å². The number of anilines is 1. The normalized spacial score (nSPS) is 11.0. The molecule has 1 aromatic rings. The predicted molar refractivity (Wildman–Crippen MR) is 48.0 cm³/mol. The van der Waals surface area contributed by atoms with Crippen LogP contribution in [0.5, 0.6) is 0 Å². The topological polar surface area (TPSA) is 104 Å². The second kappa shape index (κ2) is 3.75. The van der Waals surface area contributed by atoms with Gasteiger partial charge in [-0.3, -0.25) is 0 Å². The highest BCUT2D eigenvalue weighted by Gasteiger charge is 2.36. The zero-order chi connectivity index (χ0) is 10.8. The lowest BCUT2D eigenvalue weighted by atomic mass is 10.3. The summed E-state index contributed by atoms with van der Waals surface area (Å²) in [4.78, 5) is 27.8. The van der Waals surface area contributed by atoms with E-state index < -0.39 is 12.8 Å². The number of benzene rings is 1. The molecule has 0 atom stereocenters. The Kier molecular flexibility index (Phi) is 2.85. The van der Waals surface area contributed by atoms with Crippen LogP contribution < -0.4 is 4.78 Å². The summed E-state index contributed by atoms with van der Waals surface area (Å²) >= 11 is 0. The maximum Gasteiger partial charge on any atom is 0.487 e. The maximum absolute atomic E-state index is 10.8. The van der Waals surface area contributed by atoms with Gasteiger partial charge >= 0.3 is 7.75 Å². The Morgan fingerprint density at radius 3 is 2.14 bits per heavy atom. The highest BCUT2D eigenvalue weighted by Crippen LogP contribution is 2.43. The zero-order valence-corrected chi connectivity index (χ0v) is 7.74. The van der Waals surface area contributed by atoms with Crippen LogP contribution in [-0.4, -0.2) is 14.8 Å². The van der Waals surface area contributed by atoms with E-state index in [4.69, 9.17) is 9.79 Å². The molecule has 0 heterocycles. The van der Waals surface area contributed by atoms with Crippen molar-refractivity contribution in [3.05, 3.63) is 40.4 Å². The van der Waals surface area contributed by atoms with Crippen LogP contribution in [0.25, 0.3) is 0 Å². The summed E-state index contributed by atoms with van der Waals surface area (Å²) in [6.07, 6.45) is 0. The number of hydrogen-bond donors (Lipinski definition) is 2. The third-order valence-electron chi connectivity index (χ3n) is 1.39. The molecule has 0 aliphatic rings. The Bertz CT molecular complexity index is 375. The maximum atomic E-state index is 10.8. The first-order chi connectivity index (χ1) is 6.43. The molecule has 76 valence electrons. The first kappa shape index (κ1) is 10.6. The lowest BCUT2D eigenvalue weighted by Gasteiger charge is -2.13. The van der Waals surface area contributed by atoms with E-state index in [2.05, 4.69) is 0 Å². The summed E-state index contributed by atoms with van der Waals surface area (Å²) in [5.41, 5.74) is -0.161. The van der Waals surface area contributed by atoms with Crippen molar-refractivity contribution in [3.63, 3.8) is 0 Å². The highest BCUT2D eigenvalue weighted by atomic mass is 31.2. The van der Waals surface area contributed by atoms with Crippen molar-refractivity contribution in [3.8, 4) is 0 Å². The van der Waals surface area contributed by atoms with E-state index in [1.807, 2.05) is 0 Å². The lowest BCUT2D eigenvalue weighted by molar-refractivity contribution is -0.477. The molecule has 0 amide bonds. The largest absolute Gasteiger partial charge is 0.487 e. The summed E-state index contributed by atoms with van der Waals surface area (Å²) in [5.74, 6) is 0. The Balaban J connectivity index is 3.15.